The standard InChI is InChI=1S/C31H39N9O3/c1-32-28-26(14-25(35-36-28)24-4-2-3-5-27(24)41)39-10-12-40(13-11-39)30-33-19-23(20-34-30)38-8-6-37(7-9-38)22-17-31(18-22)15-21(16-31)29(42)43/h2-5,14,19-22,41H,6-13,15-18H2,1H3,(H,32,36)(H,42,43). The molecule has 4 aliphatic rings. The second-order valence-corrected chi connectivity index (χ2v) is 12.5. The molecule has 0 amide bonds. The van der Waals surface area contributed by atoms with Crippen LogP contribution in [-0.4, -0.2) is 107 Å². The van der Waals surface area contributed by atoms with E-state index in [-0.39, 0.29) is 11.7 Å². The number of para-hydroxylation sites is 1. The minimum Gasteiger partial charge on any atom is -0.507 e. The number of rotatable bonds is 7. The van der Waals surface area contributed by atoms with Gasteiger partial charge in [-0.25, -0.2) is 9.97 Å². The van der Waals surface area contributed by atoms with Crippen LogP contribution in [0, 0.1) is 11.3 Å². The Kier molecular flexibility index (Phi) is 7.16. The maximum Gasteiger partial charge on any atom is 0.306 e. The number of hydrogen-bond donors (Lipinski definition) is 3. The number of nitrogens with zero attached hydrogens (tertiary/aromatic N) is 8. The molecular formula is C31H39N9O3. The summed E-state index contributed by atoms with van der Waals surface area (Å²) in [4.78, 5) is 30.1. The van der Waals surface area contributed by atoms with Crippen LogP contribution in [0.25, 0.3) is 11.3 Å². The first kappa shape index (κ1) is 27.6. The van der Waals surface area contributed by atoms with Crippen LogP contribution in [0.2, 0.25) is 0 Å². The third-order valence-corrected chi connectivity index (χ3v) is 9.96. The van der Waals surface area contributed by atoms with Crippen molar-refractivity contribution >= 4 is 29.1 Å². The Morgan fingerprint density at radius 1 is 0.884 bits per heavy atom. The quantitative estimate of drug-likeness (QED) is 0.376. The number of phenols is 1. The normalized spacial score (nSPS) is 25.7. The summed E-state index contributed by atoms with van der Waals surface area (Å²) >= 11 is 0. The molecule has 2 aromatic heterocycles. The van der Waals surface area contributed by atoms with Crippen molar-refractivity contribution in [2.24, 2.45) is 11.3 Å². The monoisotopic (exact) mass is 585 g/mol. The zero-order valence-electron chi connectivity index (χ0n) is 24.6. The molecule has 3 N–H and O–H groups in total. The van der Waals surface area contributed by atoms with Gasteiger partial charge in [0.05, 0.1) is 35.4 Å². The van der Waals surface area contributed by atoms with E-state index in [9.17, 15) is 15.0 Å². The van der Waals surface area contributed by atoms with Gasteiger partial charge in [0.2, 0.25) is 5.95 Å². The van der Waals surface area contributed by atoms with Crippen LogP contribution in [0.5, 0.6) is 5.75 Å². The Hall–Kier alpha value is -4.19. The Morgan fingerprint density at radius 3 is 2.19 bits per heavy atom. The zero-order chi connectivity index (χ0) is 29.6. The van der Waals surface area contributed by atoms with Gasteiger partial charge in [-0.3, -0.25) is 9.69 Å². The molecule has 4 heterocycles. The second-order valence-electron chi connectivity index (χ2n) is 12.5. The van der Waals surface area contributed by atoms with Crippen molar-refractivity contribution in [2.45, 2.75) is 31.7 Å². The summed E-state index contributed by atoms with van der Waals surface area (Å²) in [5.74, 6) is 0.909. The minimum absolute atomic E-state index is 0.112. The molecule has 7 rings (SSSR count). The number of aromatic nitrogens is 4. The first-order chi connectivity index (χ1) is 20.9. The lowest BCUT2D eigenvalue weighted by Crippen LogP contribution is -2.60. The second kappa shape index (κ2) is 11.1. The van der Waals surface area contributed by atoms with E-state index in [1.165, 1.54) is 0 Å². The molecule has 226 valence electrons. The molecule has 43 heavy (non-hydrogen) atoms. The molecule has 12 nitrogen and oxygen atoms in total. The molecule has 0 atom stereocenters. The van der Waals surface area contributed by atoms with Crippen molar-refractivity contribution in [3.8, 4) is 17.0 Å². The van der Waals surface area contributed by atoms with Crippen molar-refractivity contribution in [3.63, 3.8) is 0 Å². The summed E-state index contributed by atoms with van der Waals surface area (Å²) in [5, 5.41) is 31.4. The third kappa shape index (κ3) is 5.28. The maximum absolute atomic E-state index is 11.2. The van der Waals surface area contributed by atoms with Crippen LogP contribution >= 0.6 is 0 Å². The number of benzene rings is 1. The summed E-state index contributed by atoms with van der Waals surface area (Å²) in [6.07, 6.45) is 7.97. The number of hydrogen-bond acceptors (Lipinski definition) is 11. The van der Waals surface area contributed by atoms with Gasteiger partial charge in [0.15, 0.2) is 5.82 Å². The lowest BCUT2D eigenvalue weighted by molar-refractivity contribution is -0.159. The van der Waals surface area contributed by atoms with Crippen LogP contribution in [-0.2, 0) is 4.79 Å². The van der Waals surface area contributed by atoms with E-state index in [1.807, 2.05) is 37.6 Å². The number of carbonyl (C=O) groups is 1. The predicted octanol–water partition coefficient (Wildman–Crippen LogP) is 2.77. The third-order valence-electron chi connectivity index (χ3n) is 9.96. The fourth-order valence-corrected chi connectivity index (χ4v) is 7.45. The van der Waals surface area contributed by atoms with E-state index in [4.69, 9.17) is 9.97 Å². The number of anilines is 4. The van der Waals surface area contributed by atoms with E-state index in [1.54, 1.807) is 12.1 Å². The SMILES string of the molecule is CNc1nnc(-c2ccccc2O)cc1N1CCN(c2ncc(N3CCN(C4CC5(CC(C(=O)O)C5)C4)CC3)cn2)CC1. The molecule has 2 saturated carbocycles. The molecule has 0 bridgehead atoms. The van der Waals surface area contributed by atoms with Crippen molar-refractivity contribution in [2.75, 3.05) is 79.4 Å². The molecule has 12 heteroatoms. The molecule has 2 aliphatic heterocycles. The van der Waals surface area contributed by atoms with Gasteiger partial charge in [0, 0.05) is 71.0 Å². The van der Waals surface area contributed by atoms with Crippen LogP contribution in [0.3, 0.4) is 0 Å². The van der Waals surface area contributed by atoms with E-state index < -0.39 is 5.97 Å². The van der Waals surface area contributed by atoms with E-state index in [0.717, 1.165) is 95.4 Å². The van der Waals surface area contributed by atoms with Crippen molar-refractivity contribution < 1.29 is 15.0 Å². The molecule has 4 fully saturated rings. The average molecular weight is 586 g/mol. The molecule has 1 spiro atoms. The van der Waals surface area contributed by atoms with Gasteiger partial charge in [-0.05, 0) is 49.3 Å². The average Bonchev–Trinajstić information content (AvgIpc) is 3.00. The number of phenolic OH excluding ortho intramolecular Hbond substituents is 1. The highest BCUT2D eigenvalue weighted by molar-refractivity contribution is 5.75. The highest BCUT2D eigenvalue weighted by atomic mass is 16.4. The Labute approximate surface area is 251 Å². The molecule has 2 aliphatic carbocycles. The molecule has 2 saturated heterocycles. The van der Waals surface area contributed by atoms with Crippen molar-refractivity contribution in [1.82, 2.24) is 25.1 Å². The summed E-state index contributed by atoms with van der Waals surface area (Å²) in [6, 6.07) is 9.78. The molecule has 1 aromatic carbocycles. The fourth-order valence-electron chi connectivity index (χ4n) is 7.45. The predicted molar refractivity (Wildman–Crippen MR) is 165 cm³/mol. The first-order valence-electron chi connectivity index (χ1n) is 15.3. The Balaban J connectivity index is 0.918. The molecule has 0 unspecified atom stereocenters. The maximum atomic E-state index is 11.2. The molecule has 0 radical (unpaired) electrons. The van der Waals surface area contributed by atoms with Crippen LogP contribution < -0.4 is 20.0 Å². The van der Waals surface area contributed by atoms with Crippen LogP contribution in [0.15, 0.2) is 42.7 Å². The number of aromatic hydroxyl groups is 1. The summed E-state index contributed by atoms with van der Waals surface area (Å²) < 4.78 is 0. The van der Waals surface area contributed by atoms with Gasteiger partial charge < -0.3 is 30.2 Å². The number of piperazine rings is 2. The van der Waals surface area contributed by atoms with Gasteiger partial charge in [-0.2, -0.15) is 0 Å². The van der Waals surface area contributed by atoms with E-state index in [0.29, 0.717) is 28.5 Å². The fraction of sp³-hybridized carbons (Fsp3) is 0.516. The van der Waals surface area contributed by atoms with Crippen LogP contribution in [0.1, 0.15) is 25.7 Å². The number of carboxylic acids is 1. The molecular weight excluding hydrogens is 546 g/mol. The van der Waals surface area contributed by atoms with Gasteiger partial charge in [-0.1, -0.05) is 12.1 Å². The van der Waals surface area contributed by atoms with Crippen molar-refractivity contribution in [3.05, 3.63) is 42.7 Å². The summed E-state index contributed by atoms with van der Waals surface area (Å²) in [7, 11) is 1.84. The number of aliphatic carboxylic acids is 1. The molecule has 3 aromatic rings. The zero-order valence-corrected chi connectivity index (χ0v) is 24.6. The van der Waals surface area contributed by atoms with E-state index >= 15 is 0 Å². The first-order valence-corrected chi connectivity index (χ1v) is 15.3. The largest absolute Gasteiger partial charge is 0.507 e. The Bertz CT molecular complexity index is 1460. The summed E-state index contributed by atoms with van der Waals surface area (Å²) in [5.41, 5.74) is 3.64. The van der Waals surface area contributed by atoms with Gasteiger partial charge in [0.1, 0.15) is 5.75 Å². The van der Waals surface area contributed by atoms with Crippen LogP contribution in [0.4, 0.5) is 23.1 Å². The summed E-state index contributed by atoms with van der Waals surface area (Å²) in [6.45, 7) is 7.10. The topological polar surface area (TPSA) is 134 Å². The van der Waals surface area contributed by atoms with Gasteiger partial charge >= 0.3 is 5.97 Å². The van der Waals surface area contributed by atoms with Crippen molar-refractivity contribution in [1.29, 1.82) is 0 Å². The number of carboxylic acid groups (broad SMARTS) is 1. The highest BCUT2D eigenvalue weighted by Gasteiger charge is 2.56. The van der Waals surface area contributed by atoms with E-state index in [2.05, 4.69) is 35.1 Å². The lowest BCUT2D eigenvalue weighted by atomic mass is 9.49. The smallest absolute Gasteiger partial charge is 0.306 e. The number of nitrogens with one attached hydrogen (secondary N) is 1. The van der Waals surface area contributed by atoms with Gasteiger partial charge in [-0.15, -0.1) is 10.2 Å². The highest BCUT2D eigenvalue weighted by Crippen LogP contribution is 2.60. The minimum atomic E-state index is -0.621. The van der Waals surface area contributed by atoms with Gasteiger partial charge in [0.25, 0.3) is 0 Å². The lowest BCUT2D eigenvalue weighted by Gasteiger charge is -2.60. The Morgan fingerprint density at radius 2 is 1.53 bits per heavy atom.